The molecule has 0 aliphatic carbocycles. The summed E-state index contributed by atoms with van der Waals surface area (Å²) < 4.78 is 0. The van der Waals surface area contributed by atoms with E-state index in [0.29, 0.717) is 0 Å². The zero-order valence-corrected chi connectivity index (χ0v) is 13.0. The van der Waals surface area contributed by atoms with E-state index in [1.165, 1.54) is 54.6 Å². The van der Waals surface area contributed by atoms with Gasteiger partial charge >= 0.3 is 0 Å². The van der Waals surface area contributed by atoms with Gasteiger partial charge in [0.2, 0.25) is 0 Å². The van der Waals surface area contributed by atoms with Gasteiger partial charge in [0.1, 0.15) is 17.3 Å². The predicted octanol–water partition coefficient (Wildman–Crippen LogP) is 3.25. The van der Waals surface area contributed by atoms with Crippen LogP contribution in [-0.2, 0) is 4.79 Å². The topological polar surface area (TPSA) is 118 Å². The second kappa shape index (κ2) is 7.74. The lowest BCUT2D eigenvalue weighted by molar-refractivity contribution is -0.110. The van der Waals surface area contributed by atoms with Gasteiger partial charge < -0.3 is 25.5 Å². The van der Waals surface area contributed by atoms with Crippen molar-refractivity contribution in [1.29, 1.82) is 0 Å². The van der Waals surface area contributed by atoms with Crippen molar-refractivity contribution in [2.75, 3.05) is 0 Å². The van der Waals surface area contributed by atoms with Gasteiger partial charge in [-0.1, -0.05) is 12.1 Å². The molecule has 0 saturated heterocycles. The fraction of sp³-hybridized carbons (Fsp3) is 0. The number of aromatic hydroxyl groups is 4. The van der Waals surface area contributed by atoms with Crippen molar-refractivity contribution in [2.45, 2.75) is 0 Å². The van der Waals surface area contributed by atoms with E-state index in [2.05, 4.69) is 0 Å². The summed E-state index contributed by atoms with van der Waals surface area (Å²) in [5.41, 5.74) is 0.522. The Hall–Kier alpha value is -3.67. The Morgan fingerprint density at radius 1 is 0.840 bits per heavy atom. The smallest absolute Gasteiger partial charge is 0.182 e. The Morgan fingerprint density at radius 3 is 2.32 bits per heavy atom. The molecule has 0 atom stereocenters. The number of para-hydroxylation sites is 1. The molecule has 0 heterocycles. The van der Waals surface area contributed by atoms with Gasteiger partial charge in [0.05, 0.1) is 0 Å². The van der Waals surface area contributed by atoms with Crippen LogP contribution < -0.4 is 0 Å². The number of phenols is 4. The highest BCUT2D eigenvalue weighted by molar-refractivity contribution is 6.02. The number of hydrogen-bond acceptors (Lipinski definition) is 6. The summed E-state index contributed by atoms with van der Waals surface area (Å²) in [4.78, 5) is 11.8. The SMILES string of the molecule is O=C(/C=C(O)/C=C/c1cc(O)ccc1O)/C=C/c1cccc(O)c1O. The normalized spacial score (nSPS) is 12.1. The number of benzene rings is 2. The van der Waals surface area contributed by atoms with Gasteiger partial charge in [-0.05, 0) is 48.6 Å². The second-order valence-corrected chi connectivity index (χ2v) is 5.10. The Bertz CT molecular complexity index is 877. The fourth-order valence-electron chi connectivity index (χ4n) is 1.95. The molecular formula is C19H16O6. The monoisotopic (exact) mass is 340 g/mol. The summed E-state index contributed by atoms with van der Waals surface area (Å²) in [5.74, 6) is -1.71. The number of aliphatic hydroxyl groups excluding tert-OH is 1. The van der Waals surface area contributed by atoms with Crippen LogP contribution in [-0.4, -0.2) is 31.3 Å². The molecule has 0 aromatic heterocycles. The molecule has 5 N–H and O–H groups in total. The van der Waals surface area contributed by atoms with E-state index in [-0.39, 0.29) is 39.9 Å². The molecule has 0 bridgehead atoms. The van der Waals surface area contributed by atoms with Gasteiger partial charge in [-0.3, -0.25) is 4.79 Å². The van der Waals surface area contributed by atoms with Gasteiger partial charge in [0, 0.05) is 17.2 Å². The van der Waals surface area contributed by atoms with Gasteiger partial charge in [0.15, 0.2) is 17.3 Å². The number of carbonyl (C=O) groups excluding carboxylic acids is 1. The summed E-state index contributed by atoms with van der Waals surface area (Å²) in [6.45, 7) is 0. The van der Waals surface area contributed by atoms with E-state index >= 15 is 0 Å². The molecule has 0 unspecified atom stereocenters. The van der Waals surface area contributed by atoms with Crippen LogP contribution in [0.15, 0.2) is 60.4 Å². The number of aliphatic hydroxyl groups is 1. The number of allylic oxidation sites excluding steroid dienone is 3. The van der Waals surface area contributed by atoms with Gasteiger partial charge in [0.25, 0.3) is 0 Å². The maximum Gasteiger partial charge on any atom is 0.182 e. The third kappa shape index (κ3) is 4.90. The van der Waals surface area contributed by atoms with E-state index in [9.17, 15) is 30.3 Å². The van der Waals surface area contributed by atoms with E-state index in [0.717, 1.165) is 12.2 Å². The van der Waals surface area contributed by atoms with Crippen molar-refractivity contribution in [1.82, 2.24) is 0 Å². The van der Waals surface area contributed by atoms with Crippen LogP contribution in [0.2, 0.25) is 0 Å². The highest BCUT2D eigenvalue weighted by Crippen LogP contribution is 2.29. The molecule has 2 aromatic carbocycles. The molecule has 0 fully saturated rings. The maximum absolute atomic E-state index is 11.8. The highest BCUT2D eigenvalue weighted by Gasteiger charge is 2.03. The average Bonchev–Trinajstić information content (AvgIpc) is 2.57. The molecule has 6 heteroatoms. The van der Waals surface area contributed by atoms with Crippen LogP contribution in [0, 0.1) is 0 Å². The molecule has 128 valence electrons. The number of ketones is 1. The van der Waals surface area contributed by atoms with Crippen LogP contribution in [0.5, 0.6) is 23.0 Å². The molecule has 0 amide bonds. The van der Waals surface area contributed by atoms with E-state index < -0.39 is 5.78 Å². The van der Waals surface area contributed by atoms with Crippen molar-refractivity contribution in [3.63, 3.8) is 0 Å². The number of rotatable bonds is 5. The minimum atomic E-state index is -0.551. The molecule has 0 aliphatic heterocycles. The van der Waals surface area contributed by atoms with Crippen molar-refractivity contribution in [3.8, 4) is 23.0 Å². The van der Waals surface area contributed by atoms with Crippen LogP contribution in [0.4, 0.5) is 0 Å². The molecule has 0 saturated carbocycles. The first-order valence-corrected chi connectivity index (χ1v) is 7.20. The predicted molar refractivity (Wildman–Crippen MR) is 93.3 cm³/mol. The quantitative estimate of drug-likeness (QED) is 0.187. The zero-order chi connectivity index (χ0) is 18.4. The van der Waals surface area contributed by atoms with Gasteiger partial charge in [-0.2, -0.15) is 0 Å². The molecule has 25 heavy (non-hydrogen) atoms. The summed E-state index contributed by atoms with van der Waals surface area (Å²) in [6, 6.07) is 8.23. The molecule has 2 aromatic rings. The zero-order valence-electron chi connectivity index (χ0n) is 13.0. The molecule has 6 nitrogen and oxygen atoms in total. The van der Waals surface area contributed by atoms with Crippen LogP contribution >= 0.6 is 0 Å². The fourth-order valence-corrected chi connectivity index (χ4v) is 1.95. The summed E-state index contributed by atoms with van der Waals surface area (Å²) in [7, 11) is 0. The Morgan fingerprint density at radius 2 is 1.56 bits per heavy atom. The highest BCUT2D eigenvalue weighted by atomic mass is 16.3. The first-order valence-electron chi connectivity index (χ1n) is 7.20. The lowest BCUT2D eigenvalue weighted by atomic mass is 10.1. The van der Waals surface area contributed by atoms with Crippen molar-refractivity contribution >= 4 is 17.9 Å². The van der Waals surface area contributed by atoms with Crippen LogP contribution in [0.1, 0.15) is 11.1 Å². The second-order valence-electron chi connectivity index (χ2n) is 5.10. The summed E-state index contributed by atoms with van der Waals surface area (Å²) >= 11 is 0. The van der Waals surface area contributed by atoms with Crippen LogP contribution in [0.25, 0.3) is 12.2 Å². The molecule has 0 radical (unpaired) electrons. The van der Waals surface area contributed by atoms with Gasteiger partial charge in [-0.15, -0.1) is 0 Å². The number of hydrogen-bond donors (Lipinski definition) is 5. The molecule has 0 spiro atoms. The average molecular weight is 340 g/mol. The Balaban J connectivity index is 2.09. The van der Waals surface area contributed by atoms with Crippen LogP contribution in [0.3, 0.4) is 0 Å². The Kier molecular flexibility index (Phi) is 5.47. The molecular weight excluding hydrogens is 324 g/mol. The first kappa shape index (κ1) is 17.7. The van der Waals surface area contributed by atoms with Crippen molar-refractivity contribution in [2.24, 2.45) is 0 Å². The van der Waals surface area contributed by atoms with Gasteiger partial charge in [-0.25, -0.2) is 0 Å². The minimum absolute atomic E-state index is 0.0501. The summed E-state index contributed by atoms with van der Waals surface area (Å²) in [5, 5.41) is 47.7. The largest absolute Gasteiger partial charge is 0.508 e. The maximum atomic E-state index is 11.8. The van der Waals surface area contributed by atoms with E-state index in [4.69, 9.17) is 0 Å². The number of carbonyl (C=O) groups is 1. The lowest BCUT2D eigenvalue weighted by Crippen LogP contribution is -1.89. The molecule has 0 aliphatic rings. The third-order valence-corrected chi connectivity index (χ3v) is 3.21. The third-order valence-electron chi connectivity index (χ3n) is 3.21. The van der Waals surface area contributed by atoms with E-state index in [1.54, 1.807) is 0 Å². The van der Waals surface area contributed by atoms with Crippen molar-refractivity contribution in [3.05, 3.63) is 71.5 Å². The number of phenolic OH excluding ortho intramolecular Hbond substituents is 4. The lowest BCUT2D eigenvalue weighted by Gasteiger charge is -2.00. The summed E-state index contributed by atoms with van der Waals surface area (Å²) in [6.07, 6.45) is 5.87. The minimum Gasteiger partial charge on any atom is -0.508 e. The van der Waals surface area contributed by atoms with E-state index in [1.807, 2.05) is 0 Å². The Labute approximate surface area is 143 Å². The molecule has 2 rings (SSSR count). The van der Waals surface area contributed by atoms with Crippen molar-refractivity contribution < 1.29 is 30.3 Å². The standard InChI is InChI=1S/C19H16O6/c20-14-8-9-17(23)13(10-14)5-7-16(22)11-15(21)6-4-12-2-1-3-18(24)19(12)25/h1-11,20,22-25H/b6-4+,7-5+,16-11-. The first-order chi connectivity index (χ1) is 11.9.